The number of carbonyl (C=O) groups is 2. The first-order chi connectivity index (χ1) is 13.5. The third-order valence-corrected chi connectivity index (χ3v) is 4.71. The fraction of sp³-hybridized carbons (Fsp3) is 0.0909. The van der Waals surface area contributed by atoms with Crippen molar-refractivity contribution in [2.24, 2.45) is 0 Å². The molecule has 1 aromatic heterocycles. The number of fused-ring (bicyclic) bond motifs is 1. The molecule has 1 aliphatic rings. The van der Waals surface area contributed by atoms with Crippen LogP contribution >= 0.6 is 11.6 Å². The Kier molecular flexibility index (Phi) is 4.75. The minimum atomic E-state index is -0.938. The number of furan rings is 1. The SMILES string of the molecule is Cc1cc(OC(=O)C(Cl)c2ccccc2)cc2c1C(=O)/C(=C/c1ccco1)O2. The summed E-state index contributed by atoms with van der Waals surface area (Å²) >= 11 is 6.21. The quantitative estimate of drug-likeness (QED) is 0.267. The highest BCUT2D eigenvalue weighted by atomic mass is 35.5. The highest BCUT2D eigenvalue weighted by Gasteiger charge is 2.31. The molecule has 1 atom stereocenters. The number of hydrogen-bond donors (Lipinski definition) is 0. The zero-order valence-corrected chi connectivity index (χ0v) is 15.6. The molecule has 5 nitrogen and oxygen atoms in total. The molecule has 0 saturated heterocycles. The normalized spacial score (nSPS) is 15.2. The highest BCUT2D eigenvalue weighted by Crippen LogP contribution is 2.38. The minimum absolute atomic E-state index is 0.149. The van der Waals surface area contributed by atoms with Crippen LogP contribution in [-0.2, 0) is 4.79 Å². The van der Waals surface area contributed by atoms with Crippen molar-refractivity contribution < 1.29 is 23.5 Å². The molecular formula is C22H15ClO5. The molecular weight excluding hydrogens is 380 g/mol. The Hall–Kier alpha value is -3.31. The Bertz CT molecular complexity index is 1070. The van der Waals surface area contributed by atoms with Crippen LogP contribution in [0.3, 0.4) is 0 Å². The molecule has 0 spiro atoms. The molecule has 0 saturated carbocycles. The number of ketones is 1. The Morgan fingerprint density at radius 2 is 1.93 bits per heavy atom. The van der Waals surface area contributed by atoms with Gasteiger partial charge in [-0.05, 0) is 36.2 Å². The number of ether oxygens (including phenoxy) is 2. The molecule has 0 aliphatic carbocycles. The number of halogens is 1. The maximum absolute atomic E-state index is 12.6. The first kappa shape index (κ1) is 18.1. The maximum atomic E-state index is 12.6. The Balaban J connectivity index is 1.57. The van der Waals surface area contributed by atoms with Gasteiger partial charge in [0, 0.05) is 12.1 Å². The average molecular weight is 395 g/mol. The van der Waals surface area contributed by atoms with Crippen LogP contribution in [0, 0.1) is 6.92 Å². The summed E-state index contributed by atoms with van der Waals surface area (Å²) in [7, 11) is 0. The summed E-state index contributed by atoms with van der Waals surface area (Å²) in [5, 5.41) is -0.938. The summed E-state index contributed by atoms with van der Waals surface area (Å²) in [6, 6.07) is 15.5. The Labute approximate surface area is 166 Å². The van der Waals surface area contributed by atoms with E-state index < -0.39 is 11.3 Å². The molecule has 28 heavy (non-hydrogen) atoms. The van der Waals surface area contributed by atoms with Gasteiger partial charge in [0.1, 0.15) is 17.3 Å². The lowest BCUT2D eigenvalue weighted by molar-refractivity contribution is -0.134. The van der Waals surface area contributed by atoms with E-state index in [-0.39, 0.29) is 17.3 Å². The van der Waals surface area contributed by atoms with E-state index in [0.717, 1.165) is 0 Å². The van der Waals surface area contributed by atoms with E-state index in [1.165, 1.54) is 18.4 Å². The molecule has 0 radical (unpaired) electrons. The van der Waals surface area contributed by atoms with Crippen LogP contribution in [0.1, 0.15) is 32.6 Å². The van der Waals surface area contributed by atoms with Gasteiger partial charge in [-0.1, -0.05) is 30.3 Å². The molecule has 2 heterocycles. The number of aryl methyl sites for hydroxylation is 1. The highest BCUT2D eigenvalue weighted by molar-refractivity contribution is 6.30. The molecule has 0 N–H and O–H groups in total. The summed E-state index contributed by atoms with van der Waals surface area (Å²) in [5.41, 5.74) is 1.71. The number of alkyl halides is 1. The van der Waals surface area contributed by atoms with Crippen molar-refractivity contribution in [1.82, 2.24) is 0 Å². The number of benzene rings is 2. The molecule has 4 rings (SSSR count). The van der Waals surface area contributed by atoms with E-state index in [4.69, 9.17) is 25.5 Å². The maximum Gasteiger partial charge on any atom is 0.334 e. The van der Waals surface area contributed by atoms with E-state index >= 15 is 0 Å². The third-order valence-electron chi connectivity index (χ3n) is 4.28. The largest absolute Gasteiger partial charge is 0.465 e. The molecule has 2 aromatic carbocycles. The van der Waals surface area contributed by atoms with Gasteiger partial charge in [0.15, 0.2) is 11.1 Å². The van der Waals surface area contributed by atoms with E-state index in [2.05, 4.69) is 0 Å². The number of carbonyl (C=O) groups excluding carboxylic acids is 2. The van der Waals surface area contributed by atoms with E-state index in [9.17, 15) is 9.59 Å². The fourth-order valence-corrected chi connectivity index (χ4v) is 3.15. The van der Waals surface area contributed by atoms with Gasteiger partial charge in [0.25, 0.3) is 0 Å². The molecule has 1 aliphatic heterocycles. The lowest BCUT2D eigenvalue weighted by atomic mass is 10.0. The molecule has 1 unspecified atom stereocenters. The van der Waals surface area contributed by atoms with Gasteiger partial charge in [-0.15, -0.1) is 11.6 Å². The van der Waals surface area contributed by atoms with Crippen LogP contribution in [0.5, 0.6) is 11.5 Å². The second-order valence-corrected chi connectivity index (χ2v) is 6.70. The van der Waals surface area contributed by atoms with Gasteiger partial charge in [0.2, 0.25) is 5.78 Å². The third kappa shape index (κ3) is 3.44. The smallest absolute Gasteiger partial charge is 0.334 e. The standard InChI is InChI=1S/C22H15ClO5/c1-13-10-16(27-22(25)20(23)14-6-3-2-4-7-14)12-17-19(13)21(24)18(28-17)11-15-8-5-9-26-15/h2-12,20H,1H3/b18-11-. The zero-order valence-electron chi connectivity index (χ0n) is 14.8. The van der Waals surface area contributed by atoms with Crippen LogP contribution in [-0.4, -0.2) is 11.8 Å². The van der Waals surface area contributed by atoms with Crippen LogP contribution in [0.4, 0.5) is 0 Å². The number of esters is 1. The van der Waals surface area contributed by atoms with Crippen molar-refractivity contribution in [1.29, 1.82) is 0 Å². The van der Waals surface area contributed by atoms with Gasteiger partial charge in [-0.25, -0.2) is 4.79 Å². The second-order valence-electron chi connectivity index (χ2n) is 6.26. The first-order valence-electron chi connectivity index (χ1n) is 8.56. The average Bonchev–Trinajstić information content (AvgIpc) is 3.30. The first-order valence-corrected chi connectivity index (χ1v) is 8.99. The molecule has 0 bridgehead atoms. The van der Waals surface area contributed by atoms with Crippen LogP contribution in [0.2, 0.25) is 0 Å². The van der Waals surface area contributed by atoms with Gasteiger partial charge >= 0.3 is 5.97 Å². The Morgan fingerprint density at radius 3 is 2.64 bits per heavy atom. The van der Waals surface area contributed by atoms with Crippen LogP contribution in [0.25, 0.3) is 6.08 Å². The molecule has 0 fully saturated rings. The number of rotatable bonds is 4. The number of Topliss-reactive ketones (excluding diaryl/α,β-unsaturated/α-hetero) is 1. The van der Waals surface area contributed by atoms with Gasteiger partial charge in [-0.2, -0.15) is 0 Å². The Morgan fingerprint density at radius 1 is 1.14 bits per heavy atom. The van der Waals surface area contributed by atoms with Crippen molar-refractivity contribution in [2.75, 3.05) is 0 Å². The summed E-state index contributed by atoms with van der Waals surface area (Å²) in [4.78, 5) is 25.0. The van der Waals surface area contributed by atoms with E-state index in [1.807, 2.05) is 6.07 Å². The fourth-order valence-electron chi connectivity index (χ4n) is 2.96. The summed E-state index contributed by atoms with van der Waals surface area (Å²) < 4.78 is 16.3. The van der Waals surface area contributed by atoms with Crippen molar-refractivity contribution in [3.8, 4) is 11.5 Å². The molecule has 140 valence electrons. The van der Waals surface area contributed by atoms with Gasteiger partial charge in [-0.3, -0.25) is 4.79 Å². The van der Waals surface area contributed by atoms with Crippen molar-refractivity contribution >= 4 is 29.4 Å². The van der Waals surface area contributed by atoms with Gasteiger partial charge in [0.05, 0.1) is 11.8 Å². The van der Waals surface area contributed by atoms with Crippen molar-refractivity contribution in [2.45, 2.75) is 12.3 Å². The summed E-state index contributed by atoms with van der Waals surface area (Å²) in [6.45, 7) is 1.75. The molecule has 0 amide bonds. The summed E-state index contributed by atoms with van der Waals surface area (Å²) in [5.74, 6) is 0.389. The topological polar surface area (TPSA) is 65.7 Å². The number of allylic oxidation sites excluding steroid dienone is 1. The number of hydrogen-bond acceptors (Lipinski definition) is 5. The van der Waals surface area contributed by atoms with Crippen LogP contribution in [0.15, 0.2) is 71.0 Å². The predicted molar refractivity (Wildman–Crippen MR) is 103 cm³/mol. The zero-order chi connectivity index (χ0) is 19.7. The predicted octanol–water partition coefficient (Wildman–Crippen LogP) is 5.09. The second kappa shape index (κ2) is 7.37. The lowest BCUT2D eigenvalue weighted by Gasteiger charge is -2.11. The van der Waals surface area contributed by atoms with Crippen LogP contribution < -0.4 is 9.47 Å². The van der Waals surface area contributed by atoms with E-state index in [1.54, 1.807) is 49.4 Å². The lowest BCUT2D eigenvalue weighted by Crippen LogP contribution is -2.14. The summed E-state index contributed by atoms with van der Waals surface area (Å²) in [6.07, 6.45) is 3.04. The van der Waals surface area contributed by atoms with Crippen molar-refractivity contribution in [3.05, 3.63) is 89.1 Å². The monoisotopic (exact) mass is 394 g/mol. The minimum Gasteiger partial charge on any atom is -0.465 e. The molecule has 3 aromatic rings. The van der Waals surface area contributed by atoms with Gasteiger partial charge < -0.3 is 13.9 Å². The molecule has 6 heteroatoms. The van der Waals surface area contributed by atoms with Crippen molar-refractivity contribution in [3.63, 3.8) is 0 Å². The van der Waals surface area contributed by atoms with E-state index in [0.29, 0.717) is 28.2 Å².